The van der Waals surface area contributed by atoms with Crippen LogP contribution in [-0.2, 0) is 6.54 Å². The van der Waals surface area contributed by atoms with Crippen molar-refractivity contribution in [3.63, 3.8) is 0 Å². The number of hydrogen-bond donors (Lipinski definition) is 1. The van der Waals surface area contributed by atoms with Gasteiger partial charge in [0.1, 0.15) is 11.8 Å². The Bertz CT molecular complexity index is 387. The number of nitriles is 1. The summed E-state index contributed by atoms with van der Waals surface area (Å²) in [5, 5.41) is 8.71. The highest BCUT2D eigenvalue weighted by Crippen LogP contribution is 2.26. The molecule has 0 unspecified atom stereocenters. The van der Waals surface area contributed by atoms with Gasteiger partial charge in [-0.25, -0.2) is 8.78 Å². The SMILES string of the molecule is N#Cc1c(Cl)cnc(C(F)F)c1CN. The third kappa shape index (κ3) is 1.81. The molecule has 0 aliphatic heterocycles. The van der Waals surface area contributed by atoms with E-state index in [0.717, 1.165) is 6.20 Å². The lowest BCUT2D eigenvalue weighted by Crippen LogP contribution is -2.07. The second-order valence-corrected chi connectivity index (χ2v) is 2.87. The number of halogens is 3. The molecule has 14 heavy (non-hydrogen) atoms. The number of rotatable bonds is 2. The third-order valence-electron chi connectivity index (χ3n) is 1.69. The zero-order chi connectivity index (χ0) is 10.7. The van der Waals surface area contributed by atoms with E-state index in [9.17, 15) is 8.78 Å². The molecular formula is C8H6ClF2N3. The Hall–Kier alpha value is -1.25. The standard InChI is InChI=1S/C8H6ClF2N3/c9-6-3-14-7(8(10)11)5(2-13)4(6)1-12/h3,8H,2,13H2. The lowest BCUT2D eigenvalue weighted by molar-refractivity contribution is 0.145. The van der Waals surface area contributed by atoms with E-state index in [4.69, 9.17) is 22.6 Å². The quantitative estimate of drug-likeness (QED) is 0.824. The summed E-state index contributed by atoms with van der Waals surface area (Å²) >= 11 is 5.60. The van der Waals surface area contributed by atoms with E-state index < -0.39 is 12.1 Å². The van der Waals surface area contributed by atoms with Crippen LogP contribution in [0.4, 0.5) is 8.78 Å². The predicted molar refractivity (Wildman–Crippen MR) is 46.8 cm³/mol. The first kappa shape index (κ1) is 10.8. The second-order valence-electron chi connectivity index (χ2n) is 2.46. The Morgan fingerprint density at radius 2 is 2.29 bits per heavy atom. The summed E-state index contributed by atoms with van der Waals surface area (Å²) < 4.78 is 24.8. The molecule has 0 aromatic carbocycles. The van der Waals surface area contributed by atoms with E-state index >= 15 is 0 Å². The van der Waals surface area contributed by atoms with Crippen LogP contribution in [0.1, 0.15) is 23.2 Å². The summed E-state index contributed by atoms with van der Waals surface area (Å²) in [4.78, 5) is 3.44. The summed E-state index contributed by atoms with van der Waals surface area (Å²) in [5.74, 6) is 0. The zero-order valence-electron chi connectivity index (χ0n) is 6.97. The van der Waals surface area contributed by atoms with Gasteiger partial charge in [-0.1, -0.05) is 11.6 Å². The van der Waals surface area contributed by atoms with Crippen molar-refractivity contribution in [3.8, 4) is 6.07 Å². The van der Waals surface area contributed by atoms with Crippen molar-refractivity contribution in [3.05, 3.63) is 28.0 Å². The van der Waals surface area contributed by atoms with Gasteiger partial charge in [0.15, 0.2) is 0 Å². The van der Waals surface area contributed by atoms with E-state index in [-0.39, 0.29) is 22.7 Å². The lowest BCUT2D eigenvalue weighted by Gasteiger charge is -2.08. The van der Waals surface area contributed by atoms with Crippen molar-refractivity contribution in [2.75, 3.05) is 0 Å². The van der Waals surface area contributed by atoms with Crippen LogP contribution in [0.2, 0.25) is 5.02 Å². The van der Waals surface area contributed by atoms with E-state index in [2.05, 4.69) is 4.98 Å². The highest BCUT2D eigenvalue weighted by Gasteiger charge is 2.18. The fraction of sp³-hybridized carbons (Fsp3) is 0.250. The number of pyridine rings is 1. The number of hydrogen-bond acceptors (Lipinski definition) is 3. The van der Waals surface area contributed by atoms with Crippen LogP contribution in [0.15, 0.2) is 6.20 Å². The van der Waals surface area contributed by atoms with Crippen LogP contribution in [0, 0.1) is 11.3 Å². The van der Waals surface area contributed by atoms with Gasteiger partial charge in [-0.3, -0.25) is 4.98 Å². The molecule has 0 aliphatic carbocycles. The van der Waals surface area contributed by atoms with E-state index in [1.165, 1.54) is 0 Å². The molecule has 0 saturated heterocycles. The van der Waals surface area contributed by atoms with Crippen molar-refractivity contribution < 1.29 is 8.78 Å². The first-order valence-corrected chi connectivity index (χ1v) is 4.05. The van der Waals surface area contributed by atoms with Gasteiger partial charge >= 0.3 is 0 Å². The van der Waals surface area contributed by atoms with Gasteiger partial charge in [0.25, 0.3) is 6.43 Å². The average molecular weight is 218 g/mol. The third-order valence-corrected chi connectivity index (χ3v) is 1.98. The molecule has 0 saturated carbocycles. The molecule has 1 heterocycles. The Balaban J connectivity index is 3.42. The minimum atomic E-state index is -2.75. The molecule has 0 atom stereocenters. The molecule has 0 amide bonds. The van der Waals surface area contributed by atoms with Crippen LogP contribution >= 0.6 is 11.6 Å². The van der Waals surface area contributed by atoms with Crippen LogP contribution in [0.25, 0.3) is 0 Å². The van der Waals surface area contributed by atoms with Gasteiger partial charge in [-0.05, 0) is 0 Å². The summed E-state index contributed by atoms with van der Waals surface area (Å²) in [5.41, 5.74) is 4.75. The molecule has 0 bridgehead atoms. The minimum absolute atomic E-state index is 0.00926. The summed E-state index contributed by atoms with van der Waals surface area (Å²) in [7, 11) is 0. The first-order valence-electron chi connectivity index (χ1n) is 3.67. The van der Waals surface area contributed by atoms with Crippen molar-refractivity contribution in [2.45, 2.75) is 13.0 Å². The number of nitrogens with two attached hydrogens (primary N) is 1. The smallest absolute Gasteiger partial charge is 0.280 e. The Morgan fingerprint density at radius 1 is 1.64 bits per heavy atom. The van der Waals surface area contributed by atoms with Gasteiger partial charge in [-0.2, -0.15) is 5.26 Å². The fourth-order valence-electron chi connectivity index (χ4n) is 1.06. The Morgan fingerprint density at radius 3 is 2.71 bits per heavy atom. The molecular weight excluding hydrogens is 212 g/mol. The molecule has 0 aliphatic rings. The van der Waals surface area contributed by atoms with Crippen molar-refractivity contribution in [1.29, 1.82) is 5.26 Å². The normalized spacial score (nSPS) is 10.3. The monoisotopic (exact) mass is 217 g/mol. The molecule has 0 spiro atoms. The van der Waals surface area contributed by atoms with Crippen molar-refractivity contribution in [2.24, 2.45) is 5.73 Å². The Kier molecular flexibility index (Phi) is 3.33. The Labute approximate surface area is 84.1 Å². The average Bonchev–Trinajstić information content (AvgIpc) is 2.16. The molecule has 1 rings (SSSR count). The topological polar surface area (TPSA) is 62.7 Å². The van der Waals surface area contributed by atoms with Crippen molar-refractivity contribution >= 4 is 11.6 Å². The van der Waals surface area contributed by atoms with E-state index in [1.54, 1.807) is 6.07 Å². The molecule has 74 valence electrons. The van der Waals surface area contributed by atoms with Crippen LogP contribution in [0.3, 0.4) is 0 Å². The van der Waals surface area contributed by atoms with E-state index in [1.807, 2.05) is 0 Å². The molecule has 1 aromatic heterocycles. The molecule has 1 aromatic rings. The van der Waals surface area contributed by atoms with Gasteiger partial charge < -0.3 is 5.73 Å². The molecule has 0 radical (unpaired) electrons. The summed E-state index contributed by atoms with van der Waals surface area (Å²) in [6, 6.07) is 1.72. The lowest BCUT2D eigenvalue weighted by atomic mass is 10.1. The number of aromatic nitrogens is 1. The minimum Gasteiger partial charge on any atom is -0.326 e. The van der Waals surface area contributed by atoms with Gasteiger partial charge in [0, 0.05) is 18.3 Å². The maximum absolute atomic E-state index is 12.4. The highest BCUT2D eigenvalue weighted by atomic mass is 35.5. The fourth-order valence-corrected chi connectivity index (χ4v) is 1.26. The number of nitrogens with zero attached hydrogens (tertiary/aromatic N) is 2. The van der Waals surface area contributed by atoms with Crippen LogP contribution < -0.4 is 5.73 Å². The molecule has 0 fully saturated rings. The largest absolute Gasteiger partial charge is 0.326 e. The maximum Gasteiger partial charge on any atom is 0.280 e. The molecule has 2 N–H and O–H groups in total. The summed E-state index contributed by atoms with van der Waals surface area (Å²) in [6.45, 7) is -0.184. The van der Waals surface area contributed by atoms with Gasteiger partial charge in [0.2, 0.25) is 0 Å². The van der Waals surface area contributed by atoms with Gasteiger partial charge in [-0.15, -0.1) is 0 Å². The van der Waals surface area contributed by atoms with Crippen LogP contribution in [0.5, 0.6) is 0 Å². The van der Waals surface area contributed by atoms with E-state index in [0.29, 0.717) is 0 Å². The highest BCUT2D eigenvalue weighted by molar-refractivity contribution is 6.31. The zero-order valence-corrected chi connectivity index (χ0v) is 7.72. The summed E-state index contributed by atoms with van der Waals surface area (Å²) in [6.07, 6.45) is -1.72. The van der Waals surface area contributed by atoms with Crippen molar-refractivity contribution in [1.82, 2.24) is 4.98 Å². The predicted octanol–water partition coefficient (Wildman–Crippen LogP) is 2.00. The second kappa shape index (κ2) is 4.31. The molecule has 6 heteroatoms. The number of alkyl halides is 2. The maximum atomic E-state index is 12.4. The van der Waals surface area contributed by atoms with Crippen LogP contribution in [-0.4, -0.2) is 4.98 Å². The van der Waals surface area contributed by atoms with Gasteiger partial charge in [0.05, 0.1) is 10.6 Å². The first-order chi connectivity index (χ1) is 6.61. The molecule has 3 nitrogen and oxygen atoms in total.